The first-order valence-corrected chi connectivity index (χ1v) is 10.4. The fourth-order valence-electron chi connectivity index (χ4n) is 3.95. The maximum atomic E-state index is 11.4. The molecule has 0 radical (unpaired) electrons. The molecule has 2 aromatic carbocycles. The number of nitrogens with one attached hydrogen (secondary N) is 1. The number of aryl methyl sites for hydroxylation is 1. The Labute approximate surface area is 167 Å². The largest absolute Gasteiger partial charge is 0.494 e. The van der Waals surface area contributed by atoms with Crippen LogP contribution in [0.1, 0.15) is 24.8 Å². The number of para-hydroxylation sites is 1. The number of benzene rings is 2. The van der Waals surface area contributed by atoms with Crippen molar-refractivity contribution in [1.29, 1.82) is 0 Å². The highest BCUT2D eigenvalue weighted by Crippen LogP contribution is 2.26. The first-order chi connectivity index (χ1) is 13.8. The molecule has 0 aromatic heterocycles. The van der Waals surface area contributed by atoms with Crippen LogP contribution in [-0.2, 0) is 11.2 Å². The summed E-state index contributed by atoms with van der Waals surface area (Å²) in [5, 5.41) is 2.91. The summed E-state index contributed by atoms with van der Waals surface area (Å²) in [4.78, 5) is 16.5. The molecule has 4 rings (SSSR count). The van der Waals surface area contributed by atoms with E-state index in [4.69, 9.17) is 4.74 Å². The van der Waals surface area contributed by atoms with E-state index in [9.17, 15) is 4.79 Å². The standard InChI is InChI=1S/C23H29N3O2/c27-23-11-8-19-18-21(9-10-22(19)24-23)28-17-5-4-12-25-13-15-26(16-14-25)20-6-2-1-3-7-20/h1-3,6-7,9-10,18H,4-5,8,11-17H2,(H,24,27). The monoisotopic (exact) mass is 379 g/mol. The van der Waals surface area contributed by atoms with E-state index in [-0.39, 0.29) is 5.91 Å². The summed E-state index contributed by atoms with van der Waals surface area (Å²) in [5.41, 5.74) is 3.44. The lowest BCUT2D eigenvalue weighted by molar-refractivity contribution is -0.116. The number of nitrogens with zero attached hydrogens (tertiary/aromatic N) is 2. The zero-order chi connectivity index (χ0) is 19.2. The molecule has 0 spiro atoms. The maximum absolute atomic E-state index is 11.4. The lowest BCUT2D eigenvalue weighted by Crippen LogP contribution is -2.46. The van der Waals surface area contributed by atoms with Gasteiger partial charge in [0.05, 0.1) is 6.61 Å². The van der Waals surface area contributed by atoms with E-state index in [2.05, 4.69) is 51.5 Å². The molecule has 28 heavy (non-hydrogen) atoms. The number of ether oxygens (including phenoxy) is 1. The number of carbonyl (C=O) groups is 1. The van der Waals surface area contributed by atoms with Gasteiger partial charge in [0.25, 0.3) is 0 Å². The SMILES string of the molecule is O=C1CCc2cc(OCCCCN3CCN(c4ccccc4)CC3)ccc2N1. The number of hydrogen-bond acceptors (Lipinski definition) is 4. The molecule has 148 valence electrons. The fourth-order valence-corrected chi connectivity index (χ4v) is 3.95. The Morgan fingerprint density at radius 2 is 1.75 bits per heavy atom. The molecular weight excluding hydrogens is 350 g/mol. The van der Waals surface area contributed by atoms with E-state index in [1.807, 2.05) is 12.1 Å². The van der Waals surface area contributed by atoms with E-state index >= 15 is 0 Å². The van der Waals surface area contributed by atoms with Crippen molar-refractivity contribution in [2.24, 2.45) is 0 Å². The van der Waals surface area contributed by atoms with Crippen LogP contribution in [0.2, 0.25) is 0 Å². The maximum Gasteiger partial charge on any atom is 0.224 e. The van der Waals surface area contributed by atoms with Crippen LogP contribution in [0.5, 0.6) is 5.75 Å². The summed E-state index contributed by atoms with van der Waals surface area (Å²) in [6.45, 7) is 6.36. The minimum atomic E-state index is 0.103. The Balaban J connectivity index is 1.13. The van der Waals surface area contributed by atoms with Crippen LogP contribution in [-0.4, -0.2) is 50.1 Å². The Bertz CT molecular complexity index is 786. The molecule has 0 aliphatic carbocycles. The molecule has 1 amide bonds. The van der Waals surface area contributed by atoms with Gasteiger partial charge in [0.15, 0.2) is 0 Å². The normalized spacial score (nSPS) is 17.1. The molecule has 0 saturated carbocycles. The quantitative estimate of drug-likeness (QED) is 0.748. The van der Waals surface area contributed by atoms with Crippen molar-refractivity contribution in [2.45, 2.75) is 25.7 Å². The van der Waals surface area contributed by atoms with Crippen molar-refractivity contribution in [1.82, 2.24) is 4.90 Å². The van der Waals surface area contributed by atoms with Crippen LogP contribution >= 0.6 is 0 Å². The van der Waals surface area contributed by atoms with Gasteiger partial charge in [0.2, 0.25) is 5.91 Å². The molecular formula is C23H29N3O2. The van der Waals surface area contributed by atoms with E-state index in [1.165, 1.54) is 11.3 Å². The summed E-state index contributed by atoms with van der Waals surface area (Å²) in [5.74, 6) is 1.01. The molecule has 1 saturated heterocycles. The molecule has 5 nitrogen and oxygen atoms in total. The summed E-state index contributed by atoms with van der Waals surface area (Å²) >= 11 is 0. The number of fused-ring (bicyclic) bond motifs is 1. The average Bonchev–Trinajstić information content (AvgIpc) is 2.74. The second-order valence-electron chi connectivity index (χ2n) is 7.59. The molecule has 2 heterocycles. The molecule has 2 aromatic rings. The van der Waals surface area contributed by atoms with Crippen molar-refractivity contribution in [2.75, 3.05) is 49.5 Å². The van der Waals surface area contributed by atoms with Crippen LogP contribution in [0.25, 0.3) is 0 Å². The zero-order valence-electron chi connectivity index (χ0n) is 16.4. The van der Waals surface area contributed by atoms with E-state index in [0.29, 0.717) is 6.42 Å². The van der Waals surface area contributed by atoms with E-state index < -0.39 is 0 Å². The van der Waals surface area contributed by atoms with Gasteiger partial charge < -0.3 is 15.0 Å². The Morgan fingerprint density at radius 3 is 2.57 bits per heavy atom. The summed E-state index contributed by atoms with van der Waals surface area (Å²) in [6.07, 6.45) is 3.58. The zero-order valence-corrected chi connectivity index (χ0v) is 16.4. The van der Waals surface area contributed by atoms with Crippen LogP contribution in [0, 0.1) is 0 Å². The van der Waals surface area contributed by atoms with Gasteiger partial charge in [0, 0.05) is 44.0 Å². The number of rotatable bonds is 7. The number of hydrogen-bond donors (Lipinski definition) is 1. The molecule has 2 aliphatic heterocycles. The van der Waals surface area contributed by atoms with Gasteiger partial charge in [-0.15, -0.1) is 0 Å². The molecule has 0 bridgehead atoms. The van der Waals surface area contributed by atoms with Gasteiger partial charge in [-0.05, 0) is 61.7 Å². The predicted molar refractivity (Wildman–Crippen MR) is 113 cm³/mol. The first-order valence-electron chi connectivity index (χ1n) is 10.4. The molecule has 0 unspecified atom stereocenters. The smallest absolute Gasteiger partial charge is 0.224 e. The Hall–Kier alpha value is -2.53. The van der Waals surface area contributed by atoms with Gasteiger partial charge >= 0.3 is 0 Å². The number of amides is 1. The minimum absolute atomic E-state index is 0.103. The number of anilines is 2. The topological polar surface area (TPSA) is 44.8 Å². The Morgan fingerprint density at radius 1 is 0.929 bits per heavy atom. The molecule has 1 N–H and O–H groups in total. The second-order valence-corrected chi connectivity index (χ2v) is 7.59. The molecule has 2 aliphatic rings. The third-order valence-electron chi connectivity index (χ3n) is 5.60. The van der Waals surface area contributed by atoms with Crippen molar-refractivity contribution < 1.29 is 9.53 Å². The van der Waals surface area contributed by atoms with Crippen LogP contribution in [0.3, 0.4) is 0 Å². The highest BCUT2D eigenvalue weighted by Gasteiger charge is 2.17. The van der Waals surface area contributed by atoms with Crippen molar-refractivity contribution in [3.8, 4) is 5.75 Å². The van der Waals surface area contributed by atoms with Gasteiger partial charge in [-0.2, -0.15) is 0 Å². The minimum Gasteiger partial charge on any atom is -0.494 e. The van der Waals surface area contributed by atoms with Gasteiger partial charge in [0.1, 0.15) is 5.75 Å². The third kappa shape index (κ3) is 4.84. The third-order valence-corrected chi connectivity index (χ3v) is 5.60. The van der Waals surface area contributed by atoms with Crippen LogP contribution in [0.4, 0.5) is 11.4 Å². The molecule has 1 fully saturated rings. The Kier molecular flexibility index (Phi) is 6.12. The lowest BCUT2D eigenvalue weighted by atomic mass is 10.0. The average molecular weight is 380 g/mol. The van der Waals surface area contributed by atoms with Crippen LogP contribution in [0.15, 0.2) is 48.5 Å². The number of piperazine rings is 1. The highest BCUT2D eigenvalue weighted by molar-refractivity contribution is 5.93. The van der Waals surface area contributed by atoms with Crippen molar-refractivity contribution in [3.63, 3.8) is 0 Å². The van der Waals surface area contributed by atoms with Gasteiger partial charge in [-0.3, -0.25) is 9.69 Å². The van der Waals surface area contributed by atoms with Crippen molar-refractivity contribution >= 4 is 17.3 Å². The molecule has 5 heteroatoms. The van der Waals surface area contributed by atoms with Crippen molar-refractivity contribution in [3.05, 3.63) is 54.1 Å². The highest BCUT2D eigenvalue weighted by atomic mass is 16.5. The fraction of sp³-hybridized carbons (Fsp3) is 0.435. The lowest BCUT2D eigenvalue weighted by Gasteiger charge is -2.36. The summed E-state index contributed by atoms with van der Waals surface area (Å²) < 4.78 is 5.92. The first kappa shape index (κ1) is 18.8. The summed E-state index contributed by atoms with van der Waals surface area (Å²) in [7, 11) is 0. The predicted octanol–water partition coefficient (Wildman–Crippen LogP) is 3.55. The van der Waals surface area contributed by atoms with Gasteiger partial charge in [-0.25, -0.2) is 0 Å². The van der Waals surface area contributed by atoms with E-state index in [1.54, 1.807) is 0 Å². The number of unbranched alkanes of at least 4 members (excludes halogenated alkanes) is 1. The van der Waals surface area contributed by atoms with E-state index in [0.717, 1.165) is 70.0 Å². The molecule has 0 atom stereocenters. The van der Waals surface area contributed by atoms with Gasteiger partial charge in [-0.1, -0.05) is 18.2 Å². The summed E-state index contributed by atoms with van der Waals surface area (Å²) in [6, 6.07) is 16.7. The number of carbonyl (C=O) groups excluding carboxylic acids is 1. The second kappa shape index (κ2) is 9.11. The van der Waals surface area contributed by atoms with Crippen LogP contribution < -0.4 is 15.0 Å².